The van der Waals surface area contributed by atoms with Gasteiger partial charge in [-0.15, -0.1) is 10.2 Å². The molecular weight excluding hydrogens is 393 g/mol. The van der Waals surface area contributed by atoms with Crippen LogP contribution in [0, 0.1) is 5.82 Å². The Balaban J connectivity index is 1.59. The Labute approximate surface area is 162 Å². The molecule has 28 heavy (non-hydrogen) atoms. The van der Waals surface area contributed by atoms with Crippen LogP contribution in [0.5, 0.6) is 5.75 Å². The molecule has 0 aliphatic carbocycles. The number of benzene rings is 2. The van der Waals surface area contributed by atoms with E-state index in [1.54, 1.807) is 29.8 Å². The fourth-order valence-corrected chi connectivity index (χ4v) is 3.08. The predicted molar refractivity (Wildman–Crippen MR) is 98.8 cm³/mol. The summed E-state index contributed by atoms with van der Waals surface area (Å²) in [6, 6.07) is 11.8. The lowest BCUT2D eigenvalue weighted by atomic mass is 10.2. The van der Waals surface area contributed by atoms with Gasteiger partial charge < -0.3 is 14.6 Å². The number of nitrogens with one attached hydrogen (secondary N) is 1. The molecule has 0 saturated heterocycles. The zero-order chi connectivity index (χ0) is 20.1. The van der Waals surface area contributed by atoms with Crippen LogP contribution in [0.15, 0.2) is 53.7 Å². The van der Waals surface area contributed by atoms with Crippen molar-refractivity contribution in [1.29, 1.82) is 0 Å². The van der Waals surface area contributed by atoms with Crippen LogP contribution in [-0.4, -0.2) is 33.0 Å². The zero-order valence-corrected chi connectivity index (χ0v) is 15.4. The Morgan fingerprint density at radius 3 is 2.57 bits per heavy atom. The van der Waals surface area contributed by atoms with Gasteiger partial charge in [-0.05, 0) is 36.4 Å². The van der Waals surface area contributed by atoms with Gasteiger partial charge in [0.25, 0.3) is 0 Å². The number of amides is 1. The standard InChI is InChI=1S/C18H15F3N4O2S/c1-25-16(13-4-2-3-5-14(13)19)23-24-18(25)28-10-15(26)22-11-6-8-12(9-7-11)27-17(20)21/h2-9,17H,10H2,1H3,(H,22,26). The summed E-state index contributed by atoms with van der Waals surface area (Å²) in [5.74, 6) is -0.328. The summed E-state index contributed by atoms with van der Waals surface area (Å²) in [6.07, 6.45) is 0. The van der Waals surface area contributed by atoms with Gasteiger partial charge in [0, 0.05) is 12.7 Å². The van der Waals surface area contributed by atoms with E-state index in [1.165, 1.54) is 30.3 Å². The number of carbonyl (C=O) groups excluding carboxylic acids is 1. The molecule has 0 saturated carbocycles. The Morgan fingerprint density at radius 2 is 1.89 bits per heavy atom. The molecule has 0 radical (unpaired) electrons. The molecular formula is C18H15F3N4O2S. The number of halogens is 3. The monoisotopic (exact) mass is 408 g/mol. The molecule has 0 fully saturated rings. The summed E-state index contributed by atoms with van der Waals surface area (Å²) < 4.78 is 44.0. The first-order valence-electron chi connectivity index (χ1n) is 8.06. The smallest absolute Gasteiger partial charge is 0.387 e. The van der Waals surface area contributed by atoms with Crippen LogP contribution in [0.25, 0.3) is 11.4 Å². The number of aromatic nitrogens is 3. The maximum Gasteiger partial charge on any atom is 0.387 e. The van der Waals surface area contributed by atoms with Gasteiger partial charge in [-0.25, -0.2) is 4.39 Å². The highest BCUT2D eigenvalue weighted by molar-refractivity contribution is 7.99. The molecule has 1 heterocycles. The summed E-state index contributed by atoms with van der Waals surface area (Å²) in [6.45, 7) is -2.91. The summed E-state index contributed by atoms with van der Waals surface area (Å²) >= 11 is 1.14. The quantitative estimate of drug-likeness (QED) is 0.600. The Bertz CT molecular complexity index is 964. The minimum Gasteiger partial charge on any atom is -0.435 e. The number of ether oxygens (including phenoxy) is 1. The lowest BCUT2D eigenvalue weighted by molar-refractivity contribution is -0.113. The summed E-state index contributed by atoms with van der Waals surface area (Å²) in [5.41, 5.74) is 0.761. The van der Waals surface area contributed by atoms with E-state index in [-0.39, 0.29) is 17.4 Å². The summed E-state index contributed by atoms with van der Waals surface area (Å²) in [7, 11) is 1.68. The van der Waals surface area contributed by atoms with Crippen LogP contribution >= 0.6 is 11.8 Å². The first kappa shape index (κ1) is 19.7. The third-order valence-corrected chi connectivity index (χ3v) is 4.67. The number of thioether (sulfide) groups is 1. The van der Waals surface area contributed by atoms with Crippen molar-refractivity contribution in [1.82, 2.24) is 14.8 Å². The molecule has 0 atom stereocenters. The Hall–Kier alpha value is -3.01. The van der Waals surface area contributed by atoms with Crippen molar-refractivity contribution in [3.63, 3.8) is 0 Å². The van der Waals surface area contributed by atoms with Gasteiger partial charge in [0.15, 0.2) is 11.0 Å². The average molecular weight is 408 g/mol. The van der Waals surface area contributed by atoms with E-state index < -0.39 is 12.4 Å². The largest absolute Gasteiger partial charge is 0.435 e. The van der Waals surface area contributed by atoms with Crippen molar-refractivity contribution in [3.8, 4) is 17.1 Å². The van der Waals surface area contributed by atoms with Crippen LogP contribution in [-0.2, 0) is 11.8 Å². The molecule has 0 spiro atoms. The van der Waals surface area contributed by atoms with Crippen molar-refractivity contribution in [3.05, 3.63) is 54.3 Å². The first-order chi connectivity index (χ1) is 13.4. The highest BCUT2D eigenvalue weighted by atomic mass is 32.2. The minimum atomic E-state index is -2.91. The van der Waals surface area contributed by atoms with Crippen molar-refractivity contribution in [2.75, 3.05) is 11.1 Å². The molecule has 0 bridgehead atoms. The number of carbonyl (C=O) groups is 1. The first-order valence-corrected chi connectivity index (χ1v) is 9.04. The second-order valence-electron chi connectivity index (χ2n) is 5.58. The maximum absolute atomic E-state index is 13.9. The fourth-order valence-electron chi connectivity index (χ4n) is 2.36. The molecule has 10 heteroatoms. The zero-order valence-electron chi connectivity index (χ0n) is 14.6. The number of anilines is 1. The van der Waals surface area contributed by atoms with Crippen molar-refractivity contribution in [2.45, 2.75) is 11.8 Å². The van der Waals surface area contributed by atoms with Crippen LogP contribution in [0.1, 0.15) is 0 Å². The fraction of sp³-hybridized carbons (Fsp3) is 0.167. The van der Waals surface area contributed by atoms with Gasteiger partial charge >= 0.3 is 6.61 Å². The lowest BCUT2D eigenvalue weighted by Crippen LogP contribution is -2.14. The van der Waals surface area contributed by atoms with E-state index in [1.807, 2.05) is 0 Å². The molecule has 0 unspecified atom stereocenters. The lowest BCUT2D eigenvalue weighted by Gasteiger charge is -2.08. The number of alkyl halides is 2. The third-order valence-electron chi connectivity index (χ3n) is 3.65. The van der Waals surface area contributed by atoms with Crippen molar-refractivity contribution in [2.24, 2.45) is 7.05 Å². The molecule has 146 valence electrons. The summed E-state index contributed by atoms with van der Waals surface area (Å²) in [5, 5.41) is 11.1. The van der Waals surface area contributed by atoms with Gasteiger partial charge in [-0.1, -0.05) is 23.9 Å². The van der Waals surface area contributed by atoms with Crippen LogP contribution in [0.3, 0.4) is 0 Å². The second-order valence-corrected chi connectivity index (χ2v) is 6.53. The maximum atomic E-state index is 13.9. The average Bonchev–Trinajstić information content (AvgIpc) is 3.02. The highest BCUT2D eigenvalue weighted by Crippen LogP contribution is 2.25. The Morgan fingerprint density at radius 1 is 1.18 bits per heavy atom. The topological polar surface area (TPSA) is 69.0 Å². The van der Waals surface area contributed by atoms with E-state index in [9.17, 15) is 18.0 Å². The molecule has 1 aromatic heterocycles. The summed E-state index contributed by atoms with van der Waals surface area (Å²) in [4.78, 5) is 12.1. The van der Waals surface area contributed by atoms with Crippen LogP contribution in [0.2, 0.25) is 0 Å². The molecule has 2 aromatic carbocycles. The molecule has 0 aliphatic rings. The van der Waals surface area contributed by atoms with Crippen molar-refractivity contribution < 1.29 is 22.7 Å². The molecule has 1 N–H and O–H groups in total. The van der Waals surface area contributed by atoms with E-state index in [0.29, 0.717) is 22.2 Å². The molecule has 3 rings (SSSR count). The van der Waals surface area contributed by atoms with E-state index >= 15 is 0 Å². The van der Waals surface area contributed by atoms with Gasteiger partial charge in [0.1, 0.15) is 11.6 Å². The normalized spacial score (nSPS) is 10.9. The third kappa shape index (κ3) is 4.83. The van der Waals surface area contributed by atoms with Gasteiger partial charge in [0.2, 0.25) is 5.91 Å². The van der Waals surface area contributed by atoms with E-state index in [4.69, 9.17) is 0 Å². The second kappa shape index (κ2) is 8.79. The number of rotatable bonds is 7. The van der Waals surface area contributed by atoms with Gasteiger partial charge in [0.05, 0.1) is 11.3 Å². The van der Waals surface area contributed by atoms with E-state index in [2.05, 4.69) is 20.3 Å². The molecule has 3 aromatic rings. The number of hydrogen-bond donors (Lipinski definition) is 1. The number of nitrogens with zero attached hydrogens (tertiary/aromatic N) is 3. The van der Waals surface area contributed by atoms with Gasteiger partial charge in [-0.2, -0.15) is 8.78 Å². The van der Waals surface area contributed by atoms with Crippen molar-refractivity contribution >= 4 is 23.4 Å². The molecule has 1 amide bonds. The van der Waals surface area contributed by atoms with Gasteiger partial charge in [-0.3, -0.25) is 4.79 Å². The predicted octanol–water partition coefficient (Wildman–Crippen LogP) is 3.95. The Kier molecular flexibility index (Phi) is 6.19. The number of hydrogen-bond acceptors (Lipinski definition) is 5. The van der Waals surface area contributed by atoms with Crippen LogP contribution in [0.4, 0.5) is 18.9 Å². The van der Waals surface area contributed by atoms with E-state index in [0.717, 1.165) is 11.8 Å². The molecule has 0 aliphatic heterocycles. The highest BCUT2D eigenvalue weighted by Gasteiger charge is 2.15. The van der Waals surface area contributed by atoms with Crippen LogP contribution < -0.4 is 10.1 Å². The SMILES string of the molecule is Cn1c(SCC(=O)Nc2ccc(OC(F)F)cc2)nnc1-c1ccccc1F. The molecule has 6 nitrogen and oxygen atoms in total. The minimum absolute atomic E-state index is 0.00197.